The van der Waals surface area contributed by atoms with Gasteiger partial charge in [-0.25, -0.2) is 8.78 Å². The van der Waals surface area contributed by atoms with Gasteiger partial charge >= 0.3 is 0 Å². The van der Waals surface area contributed by atoms with Crippen molar-refractivity contribution in [2.75, 3.05) is 18.4 Å². The number of amides is 1. The highest BCUT2D eigenvalue weighted by Crippen LogP contribution is 2.22. The molecular weight excluding hydrogens is 322 g/mol. The molecule has 1 saturated heterocycles. The fraction of sp³-hybridized carbons (Fsp3) is 0.350. The van der Waals surface area contributed by atoms with Crippen LogP contribution in [0.5, 0.6) is 0 Å². The van der Waals surface area contributed by atoms with Crippen LogP contribution in [0.4, 0.5) is 14.5 Å². The van der Waals surface area contributed by atoms with Gasteiger partial charge < -0.3 is 5.32 Å². The molecule has 1 aliphatic rings. The smallest absolute Gasteiger partial charge is 0.228 e. The third-order valence-corrected chi connectivity index (χ3v) is 4.59. The van der Waals surface area contributed by atoms with Gasteiger partial charge in [0.1, 0.15) is 11.6 Å². The summed E-state index contributed by atoms with van der Waals surface area (Å²) < 4.78 is 26.7. The second-order valence-corrected chi connectivity index (χ2v) is 6.67. The largest absolute Gasteiger partial charge is 0.323 e. The number of carbonyl (C=O) groups excluding carboxylic acids is 1. The van der Waals surface area contributed by atoms with E-state index < -0.39 is 11.6 Å². The van der Waals surface area contributed by atoms with Crippen LogP contribution in [-0.4, -0.2) is 23.9 Å². The number of hydrogen-bond donors (Lipinski definition) is 1. The summed E-state index contributed by atoms with van der Waals surface area (Å²) in [6.45, 7) is 4.44. The minimum atomic E-state index is -0.749. The molecule has 0 radical (unpaired) electrons. The first-order valence-corrected chi connectivity index (χ1v) is 8.55. The van der Waals surface area contributed by atoms with Crippen molar-refractivity contribution >= 4 is 11.6 Å². The van der Waals surface area contributed by atoms with Crippen LogP contribution >= 0.6 is 0 Å². The van der Waals surface area contributed by atoms with Crippen molar-refractivity contribution in [3.63, 3.8) is 0 Å². The van der Waals surface area contributed by atoms with Gasteiger partial charge in [-0.15, -0.1) is 0 Å². The number of likely N-dealkylation sites (tertiary alicyclic amines) is 1. The molecule has 0 aromatic heterocycles. The topological polar surface area (TPSA) is 32.3 Å². The van der Waals surface area contributed by atoms with E-state index in [4.69, 9.17) is 0 Å². The Morgan fingerprint density at radius 3 is 2.68 bits per heavy atom. The molecule has 0 spiro atoms. The van der Waals surface area contributed by atoms with Crippen LogP contribution in [0.2, 0.25) is 0 Å². The Hall–Kier alpha value is -2.27. The van der Waals surface area contributed by atoms with Gasteiger partial charge in [0.15, 0.2) is 0 Å². The molecule has 25 heavy (non-hydrogen) atoms. The third-order valence-electron chi connectivity index (χ3n) is 4.59. The number of benzene rings is 2. The lowest BCUT2D eigenvalue weighted by atomic mass is 9.96. The van der Waals surface area contributed by atoms with E-state index >= 15 is 0 Å². The molecule has 1 amide bonds. The lowest BCUT2D eigenvalue weighted by Gasteiger charge is -2.32. The van der Waals surface area contributed by atoms with Gasteiger partial charge in [-0.2, -0.15) is 0 Å². The van der Waals surface area contributed by atoms with E-state index in [9.17, 15) is 13.6 Å². The monoisotopic (exact) mass is 344 g/mol. The molecule has 1 aliphatic heterocycles. The molecule has 3 rings (SSSR count). The van der Waals surface area contributed by atoms with Gasteiger partial charge in [-0.05, 0) is 44.0 Å². The predicted molar refractivity (Wildman–Crippen MR) is 94.2 cm³/mol. The summed E-state index contributed by atoms with van der Waals surface area (Å²) in [5, 5.41) is 2.59. The fourth-order valence-electron chi connectivity index (χ4n) is 3.19. The van der Waals surface area contributed by atoms with E-state index in [1.54, 1.807) is 0 Å². The molecule has 0 bridgehead atoms. The molecule has 0 saturated carbocycles. The molecule has 1 heterocycles. The summed E-state index contributed by atoms with van der Waals surface area (Å²) in [5.74, 6) is -1.80. The lowest BCUT2D eigenvalue weighted by Crippen LogP contribution is -2.40. The van der Waals surface area contributed by atoms with Gasteiger partial charge in [0.2, 0.25) is 5.91 Å². The van der Waals surface area contributed by atoms with Crippen LogP contribution in [0, 0.1) is 24.5 Å². The van der Waals surface area contributed by atoms with Crippen molar-refractivity contribution in [3.05, 3.63) is 65.2 Å². The fourth-order valence-corrected chi connectivity index (χ4v) is 3.19. The van der Waals surface area contributed by atoms with Gasteiger partial charge in [-0.1, -0.05) is 29.8 Å². The highest BCUT2D eigenvalue weighted by molar-refractivity contribution is 5.92. The Morgan fingerprint density at radius 1 is 1.20 bits per heavy atom. The maximum atomic E-state index is 13.7. The van der Waals surface area contributed by atoms with Crippen molar-refractivity contribution < 1.29 is 13.6 Å². The molecule has 0 aliphatic carbocycles. The van der Waals surface area contributed by atoms with Crippen LogP contribution in [-0.2, 0) is 11.3 Å². The number of hydrogen-bond acceptors (Lipinski definition) is 2. The number of nitrogens with one attached hydrogen (secondary N) is 1. The number of anilines is 1. The molecule has 3 nitrogen and oxygen atoms in total. The zero-order valence-electron chi connectivity index (χ0n) is 14.3. The molecule has 132 valence electrons. The average molecular weight is 344 g/mol. The minimum Gasteiger partial charge on any atom is -0.323 e. The van der Waals surface area contributed by atoms with Gasteiger partial charge in [0.05, 0.1) is 11.6 Å². The van der Waals surface area contributed by atoms with Crippen molar-refractivity contribution in [1.82, 2.24) is 4.90 Å². The first-order valence-electron chi connectivity index (χ1n) is 8.55. The van der Waals surface area contributed by atoms with Crippen molar-refractivity contribution in [1.29, 1.82) is 0 Å². The molecule has 1 atom stereocenters. The summed E-state index contributed by atoms with van der Waals surface area (Å²) >= 11 is 0. The number of nitrogens with zero attached hydrogens (tertiary/aromatic N) is 1. The summed E-state index contributed by atoms with van der Waals surface area (Å²) in [6, 6.07) is 11.6. The van der Waals surface area contributed by atoms with E-state index in [1.165, 1.54) is 17.2 Å². The maximum Gasteiger partial charge on any atom is 0.228 e. The minimum absolute atomic E-state index is 0.0297. The Labute approximate surface area is 146 Å². The van der Waals surface area contributed by atoms with Crippen LogP contribution in [0.3, 0.4) is 0 Å². The van der Waals surface area contributed by atoms with E-state index in [0.717, 1.165) is 38.1 Å². The zero-order valence-corrected chi connectivity index (χ0v) is 14.3. The Morgan fingerprint density at radius 2 is 1.96 bits per heavy atom. The van der Waals surface area contributed by atoms with Gasteiger partial charge in [0, 0.05) is 19.2 Å². The van der Waals surface area contributed by atoms with E-state index in [-0.39, 0.29) is 17.5 Å². The Balaban J connectivity index is 1.60. The lowest BCUT2D eigenvalue weighted by molar-refractivity contribution is -0.121. The Bertz CT molecular complexity index is 746. The molecular formula is C20H22F2N2O. The quantitative estimate of drug-likeness (QED) is 0.905. The highest BCUT2D eigenvalue weighted by Gasteiger charge is 2.26. The van der Waals surface area contributed by atoms with Gasteiger partial charge in [-0.3, -0.25) is 9.69 Å². The van der Waals surface area contributed by atoms with E-state index in [1.807, 2.05) is 0 Å². The molecule has 1 unspecified atom stereocenters. The average Bonchev–Trinajstić information content (AvgIpc) is 2.60. The van der Waals surface area contributed by atoms with Gasteiger partial charge in [0.25, 0.3) is 0 Å². The summed E-state index contributed by atoms with van der Waals surface area (Å²) in [7, 11) is 0. The van der Waals surface area contributed by atoms with Crippen LogP contribution < -0.4 is 5.32 Å². The standard InChI is InChI=1S/C20H22F2N2O/c1-14-4-6-15(7-5-14)12-24-10-2-3-16(13-24)20(25)23-19-9-8-17(21)11-18(19)22/h4-9,11,16H,2-3,10,12-13H2,1H3,(H,23,25). The van der Waals surface area contributed by atoms with Crippen LogP contribution in [0.25, 0.3) is 0 Å². The van der Waals surface area contributed by atoms with Crippen LogP contribution in [0.15, 0.2) is 42.5 Å². The maximum absolute atomic E-state index is 13.7. The van der Waals surface area contributed by atoms with E-state index in [0.29, 0.717) is 6.54 Å². The normalized spacial score (nSPS) is 18.1. The zero-order chi connectivity index (χ0) is 17.8. The Kier molecular flexibility index (Phi) is 5.43. The third kappa shape index (κ3) is 4.63. The van der Waals surface area contributed by atoms with Crippen molar-refractivity contribution in [3.8, 4) is 0 Å². The highest BCUT2D eigenvalue weighted by atomic mass is 19.1. The summed E-state index contributed by atoms with van der Waals surface area (Å²) in [6.07, 6.45) is 1.70. The first-order chi connectivity index (χ1) is 12.0. The molecule has 1 fully saturated rings. The molecule has 5 heteroatoms. The van der Waals surface area contributed by atoms with Crippen molar-refractivity contribution in [2.45, 2.75) is 26.3 Å². The van der Waals surface area contributed by atoms with Crippen molar-refractivity contribution in [2.24, 2.45) is 5.92 Å². The number of rotatable bonds is 4. The number of aryl methyl sites for hydroxylation is 1. The summed E-state index contributed by atoms with van der Waals surface area (Å²) in [5.41, 5.74) is 2.47. The predicted octanol–water partition coefficient (Wildman–Crippen LogP) is 4.12. The second kappa shape index (κ2) is 7.74. The molecule has 2 aromatic carbocycles. The number of carbonyl (C=O) groups is 1. The van der Waals surface area contributed by atoms with Crippen LogP contribution in [0.1, 0.15) is 24.0 Å². The SMILES string of the molecule is Cc1ccc(CN2CCCC(C(=O)Nc3ccc(F)cc3F)C2)cc1. The number of halogens is 2. The van der Waals surface area contributed by atoms with E-state index in [2.05, 4.69) is 41.4 Å². The molecule has 2 aromatic rings. The summed E-state index contributed by atoms with van der Waals surface area (Å²) in [4.78, 5) is 14.7. The number of piperidine rings is 1. The molecule has 1 N–H and O–H groups in total. The second-order valence-electron chi connectivity index (χ2n) is 6.67. The first kappa shape index (κ1) is 17.5.